The van der Waals surface area contributed by atoms with E-state index >= 15 is 0 Å². The summed E-state index contributed by atoms with van der Waals surface area (Å²) in [5.41, 5.74) is 0. The van der Waals surface area contributed by atoms with Crippen molar-refractivity contribution in [1.29, 1.82) is 0 Å². The minimum absolute atomic E-state index is 0.0181. The Hall–Kier alpha value is -1.40. The van der Waals surface area contributed by atoms with E-state index in [1.807, 2.05) is 6.08 Å². The number of hydrogen-bond acceptors (Lipinski definition) is 5. The molecule has 0 radical (unpaired) electrons. The molecule has 1 amide bonds. The molecule has 0 aliphatic rings. The largest absolute Gasteiger partial charge is 0.466 e. The molecule has 0 spiro atoms. The maximum Gasteiger partial charge on any atom is 0.305 e. The number of amides is 1. The molecular formula is C59H115NO5. The van der Waals surface area contributed by atoms with Gasteiger partial charge in [0.25, 0.3) is 0 Å². The fourth-order valence-electron chi connectivity index (χ4n) is 9.28. The number of aliphatic hydroxyl groups is 2. The maximum absolute atomic E-state index is 12.4. The summed E-state index contributed by atoms with van der Waals surface area (Å²) in [5.74, 6) is -0.0503. The molecule has 0 rings (SSSR count). The molecule has 0 aromatic carbocycles. The smallest absolute Gasteiger partial charge is 0.305 e. The molecule has 3 N–H and O–H groups in total. The number of hydrogen-bond donors (Lipinski definition) is 3. The first-order valence-corrected chi connectivity index (χ1v) is 29.5. The van der Waals surface area contributed by atoms with Crippen molar-refractivity contribution in [3.05, 3.63) is 12.2 Å². The summed E-state index contributed by atoms with van der Waals surface area (Å²) in [4.78, 5) is 24.4. The number of carbonyl (C=O) groups is 2. The van der Waals surface area contributed by atoms with Gasteiger partial charge in [-0.05, 0) is 32.1 Å². The van der Waals surface area contributed by atoms with E-state index in [4.69, 9.17) is 4.74 Å². The molecule has 0 heterocycles. The van der Waals surface area contributed by atoms with Crippen LogP contribution in [0.1, 0.15) is 328 Å². The van der Waals surface area contributed by atoms with Crippen LogP contribution < -0.4 is 5.32 Å². The molecule has 0 aromatic heterocycles. The third-order valence-corrected chi connectivity index (χ3v) is 13.8. The van der Waals surface area contributed by atoms with Crippen LogP contribution in [-0.4, -0.2) is 47.4 Å². The zero-order valence-corrected chi connectivity index (χ0v) is 44.0. The molecule has 2 atom stereocenters. The monoisotopic (exact) mass is 918 g/mol. The summed E-state index contributed by atoms with van der Waals surface area (Å²) in [6, 6.07) is -0.624. The van der Waals surface area contributed by atoms with Crippen LogP contribution in [-0.2, 0) is 14.3 Å². The Balaban J connectivity index is 3.33. The number of rotatable bonds is 55. The van der Waals surface area contributed by atoms with Crippen LogP contribution in [0, 0.1) is 0 Å². The minimum Gasteiger partial charge on any atom is -0.466 e. The Morgan fingerprint density at radius 3 is 1.05 bits per heavy atom. The van der Waals surface area contributed by atoms with Crippen LogP contribution in [0.25, 0.3) is 0 Å². The lowest BCUT2D eigenvalue weighted by Crippen LogP contribution is -2.45. The highest BCUT2D eigenvalue weighted by Crippen LogP contribution is 2.18. The SMILES string of the molecule is CCCCCCCCC/C=C/C(O)C(CO)NC(=O)CCCCCCCCCCCCCCCCCCCCCCCCCCOC(=O)CCCCCCCCCCCCCCCCC. The highest BCUT2D eigenvalue weighted by atomic mass is 16.5. The molecule has 6 heteroatoms. The lowest BCUT2D eigenvalue weighted by Gasteiger charge is -2.20. The van der Waals surface area contributed by atoms with Crippen molar-refractivity contribution in [3.8, 4) is 0 Å². The van der Waals surface area contributed by atoms with Crippen LogP contribution in [0.15, 0.2) is 12.2 Å². The second kappa shape index (κ2) is 55.2. The van der Waals surface area contributed by atoms with E-state index in [0.717, 1.165) is 38.5 Å². The van der Waals surface area contributed by atoms with E-state index in [0.29, 0.717) is 19.4 Å². The standard InChI is InChI=1S/C59H115NO5/c1-3-5-7-9-11-13-14-15-26-30-33-37-41-45-49-53-59(64)65-54-50-46-42-38-34-31-28-25-23-21-19-17-16-18-20-22-24-27-29-32-36-40-44-48-52-58(63)60-56(55-61)57(62)51-47-43-39-35-12-10-8-6-4-2/h47,51,56-57,61-62H,3-46,48-50,52-55H2,1-2H3,(H,60,63)/b51-47+. The first-order valence-electron chi connectivity index (χ1n) is 29.5. The van der Waals surface area contributed by atoms with Crippen LogP contribution in [0.2, 0.25) is 0 Å². The molecule has 0 saturated heterocycles. The van der Waals surface area contributed by atoms with Gasteiger partial charge in [-0.15, -0.1) is 0 Å². The Morgan fingerprint density at radius 1 is 0.415 bits per heavy atom. The van der Waals surface area contributed by atoms with Gasteiger partial charge in [-0.25, -0.2) is 0 Å². The maximum atomic E-state index is 12.4. The van der Waals surface area contributed by atoms with Crippen molar-refractivity contribution in [2.24, 2.45) is 0 Å². The molecule has 6 nitrogen and oxygen atoms in total. The second-order valence-corrected chi connectivity index (χ2v) is 20.3. The van der Waals surface area contributed by atoms with Crippen LogP contribution in [0.3, 0.4) is 0 Å². The van der Waals surface area contributed by atoms with E-state index in [1.54, 1.807) is 6.08 Å². The molecular weight excluding hydrogens is 803 g/mol. The first-order chi connectivity index (χ1) is 32.0. The summed E-state index contributed by atoms with van der Waals surface area (Å²) in [6.45, 7) is 4.90. The fourth-order valence-corrected chi connectivity index (χ4v) is 9.28. The van der Waals surface area contributed by atoms with E-state index < -0.39 is 12.1 Å². The average molecular weight is 919 g/mol. The van der Waals surface area contributed by atoms with Gasteiger partial charge in [-0.3, -0.25) is 9.59 Å². The van der Waals surface area contributed by atoms with Crippen LogP contribution in [0.4, 0.5) is 0 Å². The van der Waals surface area contributed by atoms with Gasteiger partial charge in [-0.1, -0.05) is 296 Å². The number of allylic oxidation sites excluding steroid dienone is 1. The quantitative estimate of drug-likeness (QED) is 0.0321. The van der Waals surface area contributed by atoms with Gasteiger partial charge in [0.15, 0.2) is 0 Å². The summed E-state index contributed by atoms with van der Waals surface area (Å²) in [7, 11) is 0. The third-order valence-electron chi connectivity index (χ3n) is 13.8. The number of ether oxygens (including phenoxy) is 1. The number of unbranched alkanes of at least 4 members (excludes halogenated alkanes) is 44. The van der Waals surface area contributed by atoms with Gasteiger partial charge in [0.05, 0.1) is 25.4 Å². The zero-order chi connectivity index (χ0) is 47.2. The lowest BCUT2D eigenvalue weighted by atomic mass is 10.0. The Morgan fingerprint density at radius 2 is 0.708 bits per heavy atom. The number of nitrogens with one attached hydrogen (secondary N) is 1. The van der Waals surface area contributed by atoms with E-state index in [1.165, 1.54) is 263 Å². The van der Waals surface area contributed by atoms with Crippen molar-refractivity contribution in [2.45, 2.75) is 341 Å². The van der Waals surface area contributed by atoms with Gasteiger partial charge in [0.2, 0.25) is 5.91 Å². The van der Waals surface area contributed by atoms with Crippen LogP contribution in [0.5, 0.6) is 0 Å². The lowest BCUT2D eigenvalue weighted by molar-refractivity contribution is -0.143. The predicted octanol–water partition coefficient (Wildman–Crippen LogP) is 18.1. The van der Waals surface area contributed by atoms with Crippen molar-refractivity contribution in [3.63, 3.8) is 0 Å². The van der Waals surface area contributed by atoms with Crippen molar-refractivity contribution in [1.82, 2.24) is 5.32 Å². The summed E-state index contributed by atoms with van der Waals surface area (Å²) < 4.78 is 5.49. The molecule has 0 bridgehead atoms. The van der Waals surface area contributed by atoms with E-state index in [2.05, 4.69) is 19.2 Å². The molecule has 65 heavy (non-hydrogen) atoms. The van der Waals surface area contributed by atoms with Crippen molar-refractivity contribution >= 4 is 11.9 Å². The molecule has 0 aliphatic carbocycles. The van der Waals surface area contributed by atoms with Gasteiger partial charge in [0.1, 0.15) is 0 Å². The van der Waals surface area contributed by atoms with Gasteiger partial charge in [0, 0.05) is 12.8 Å². The van der Waals surface area contributed by atoms with E-state index in [-0.39, 0.29) is 18.5 Å². The Labute approximate surface area is 406 Å². The molecule has 0 aromatic rings. The van der Waals surface area contributed by atoms with Crippen molar-refractivity contribution in [2.75, 3.05) is 13.2 Å². The van der Waals surface area contributed by atoms with Gasteiger partial charge < -0.3 is 20.3 Å². The number of esters is 1. The second-order valence-electron chi connectivity index (χ2n) is 20.3. The number of carbonyl (C=O) groups excluding carboxylic acids is 2. The van der Waals surface area contributed by atoms with Crippen LogP contribution >= 0.6 is 0 Å². The molecule has 0 fully saturated rings. The van der Waals surface area contributed by atoms with E-state index in [9.17, 15) is 19.8 Å². The van der Waals surface area contributed by atoms with Gasteiger partial charge in [-0.2, -0.15) is 0 Å². The summed E-state index contributed by atoms with van der Waals surface area (Å²) in [6.07, 6.45) is 65.4. The normalized spacial score (nSPS) is 12.6. The molecule has 0 aliphatic heterocycles. The Bertz CT molecular complexity index is 970. The van der Waals surface area contributed by atoms with Gasteiger partial charge >= 0.3 is 5.97 Å². The first kappa shape index (κ1) is 63.6. The highest BCUT2D eigenvalue weighted by Gasteiger charge is 2.18. The fraction of sp³-hybridized carbons (Fsp3) is 0.932. The Kier molecular flexibility index (Phi) is 54.0. The minimum atomic E-state index is -0.840. The molecule has 0 saturated carbocycles. The number of aliphatic hydroxyl groups excluding tert-OH is 2. The summed E-state index contributed by atoms with van der Waals surface area (Å²) >= 11 is 0. The van der Waals surface area contributed by atoms with Crippen molar-refractivity contribution < 1.29 is 24.5 Å². The third kappa shape index (κ3) is 51.8. The molecule has 386 valence electrons. The summed E-state index contributed by atoms with van der Waals surface area (Å²) in [5, 5.41) is 22.9. The average Bonchev–Trinajstić information content (AvgIpc) is 3.31. The zero-order valence-electron chi connectivity index (χ0n) is 44.0. The molecule has 2 unspecified atom stereocenters. The topological polar surface area (TPSA) is 95.9 Å². The highest BCUT2D eigenvalue weighted by molar-refractivity contribution is 5.76. The predicted molar refractivity (Wildman–Crippen MR) is 283 cm³/mol.